The number of nitrogens with one attached hydrogen (secondary N) is 1. The van der Waals surface area contributed by atoms with E-state index in [-0.39, 0.29) is 22.4 Å². The Bertz CT molecular complexity index is 638. The highest BCUT2D eigenvalue weighted by molar-refractivity contribution is 5.60. The van der Waals surface area contributed by atoms with E-state index in [0.717, 1.165) is 17.7 Å². The van der Waals surface area contributed by atoms with Crippen LogP contribution in [-0.4, -0.2) is 16.1 Å². The van der Waals surface area contributed by atoms with E-state index in [0.29, 0.717) is 5.56 Å². The standard InChI is InChI=1S/C16H18N2O3/c1-11(10-13-6-8-14(19)9-7-13)17-15-4-3-5-16(12(15)2)18(20)21/h3-9,11,17,19H,10H2,1-2H3. The average Bonchev–Trinajstić information content (AvgIpc) is 2.43. The summed E-state index contributed by atoms with van der Waals surface area (Å²) < 4.78 is 0. The summed E-state index contributed by atoms with van der Waals surface area (Å²) in [6.07, 6.45) is 0.766. The normalized spacial score (nSPS) is 11.9. The van der Waals surface area contributed by atoms with Crippen LogP contribution in [0.25, 0.3) is 0 Å². The molecular weight excluding hydrogens is 268 g/mol. The number of nitro groups is 1. The van der Waals surface area contributed by atoms with Crippen molar-refractivity contribution in [2.75, 3.05) is 5.32 Å². The maximum atomic E-state index is 10.9. The van der Waals surface area contributed by atoms with Crippen molar-refractivity contribution in [3.05, 3.63) is 63.7 Å². The second-order valence-electron chi connectivity index (χ2n) is 5.12. The molecule has 0 saturated carbocycles. The lowest BCUT2D eigenvalue weighted by Crippen LogP contribution is -2.18. The van der Waals surface area contributed by atoms with Gasteiger partial charge in [-0.2, -0.15) is 0 Å². The Morgan fingerprint density at radius 3 is 2.52 bits per heavy atom. The first-order valence-electron chi connectivity index (χ1n) is 6.76. The van der Waals surface area contributed by atoms with E-state index in [1.165, 1.54) is 6.07 Å². The van der Waals surface area contributed by atoms with Crippen LogP contribution in [0.2, 0.25) is 0 Å². The average molecular weight is 286 g/mol. The van der Waals surface area contributed by atoms with E-state index >= 15 is 0 Å². The Balaban J connectivity index is 2.09. The molecule has 2 aromatic carbocycles. The number of rotatable bonds is 5. The van der Waals surface area contributed by atoms with Gasteiger partial charge in [0.15, 0.2) is 0 Å². The predicted octanol–water partition coefficient (Wildman–Crippen LogP) is 3.65. The lowest BCUT2D eigenvalue weighted by molar-refractivity contribution is -0.385. The number of nitro benzene ring substituents is 1. The van der Waals surface area contributed by atoms with Crippen molar-refractivity contribution in [1.82, 2.24) is 0 Å². The lowest BCUT2D eigenvalue weighted by Gasteiger charge is -2.17. The topological polar surface area (TPSA) is 75.4 Å². The van der Waals surface area contributed by atoms with Crippen LogP contribution in [0.3, 0.4) is 0 Å². The van der Waals surface area contributed by atoms with Crippen LogP contribution in [-0.2, 0) is 6.42 Å². The third-order valence-electron chi connectivity index (χ3n) is 3.38. The molecule has 0 radical (unpaired) electrons. The summed E-state index contributed by atoms with van der Waals surface area (Å²) in [6, 6.07) is 12.2. The number of phenolic OH excluding ortho intramolecular Hbond substituents is 1. The molecule has 0 heterocycles. The highest BCUT2D eigenvalue weighted by Crippen LogP contribution is 2.26. The molecule has 0 fully saturated rings. The van der Waals surface area contributed by atoms with Gasteiger partial charge in [-0.05, 0) is 44.0 Å². The molecule has 110 valence electrons. The first-order chi connectivity index (χ1) is 9.97. The van der Waals surface area contributed by atoms with E-state index in [9.17, 15) is 15.2 Å². The minimum atomic E-state index is -0.370. The first-order valence-corrected chi connectivity index (χ1v) is 6.76. The lowest BCUT2D eigenvalue weighted by atomic mass is 10.1. The zero-order valence-corrected chi connectivity index (χ0v) is 12.0. The van der Waals surface area contributed by atoms with E-state index in [1.54, 1.807) is 25.1 Å². The molecule has 5 nitrogen and oxygen atoms in total. The first kappa shape index (κ1) is 14.8. The van der Waals surface area contributed by atoms with Crippen LogP contribution in [0, 0.1) is 17.0 Å². The fourth-order valence-electron chi connectivity index (χ4n) is 2.28. The minimum Gasteiger partial charge on any atom is -0.508 e. The minimum absolute atomic E-state index is 0.121. The van der Waals surface area contributed by atoms with Gasteiger partial charge in [0, 0.05) is 23.4 Å². The van der Waals surface area contributed by atoms with Gasteiger partial charge in [0.25, 0.3) is 5.69 Å². The fraction of sp³-hybridized carbons (Fsp3) is 0.250. The van der Waals surface area contributed by atoms with Crippen molar-refractivity contribution in [2.24, 2.45) is 0 Å². The molecule has 0 aromatic heterocycles. The predicted molar refractivity (Wildman–Crippen MR) is 82.7 cm³/mol. The monoisotopic (exact) mass is 286 g/mol. The largest absolute Gasteiger partial charge is 0.508 e. The van der Waals surface area contributed by atoms with Gasteiger partial charge >= 0.3 is 0 Å². The maximum absolute atomic E-state index is 10.9. The summed E-state index contributed by atoms with van der Waals surface area (Å²) in [6.45, 7) is 3.76. The molecule has 2 N–H and O–H groups in total. The summed E-state index contributed by atoms with van der Waals surface area (Å²) >= 11 is 0. The SMILES string of the molecule is Cc1c(NC(C)Cc2ccc(O)cc2)cccc1[N+](=O)[O-]. The Labute approximate surface area is 123 Å². The Morgan fingerprint density at radius 2 is 1.90 bits per heavy atom. The highest BCUT2D eigenvalue weighted by Gasteiger charge is 2.14. The second-order valence-corrected chi connectivity index (χ2v) is 5.12. The number of hydrogen-bond donors (Lipinski definition) is 2. The molecule has 0 saturated heterocycles. The number of anilines is 1. The van der Waals surface area contributed by atoms with Gasteiger partial charge in [-0.25, -0.2) is 0 Å². The molecule has 0 spiro atoms. The second kappa shape index (κ2) is 6.26. The van der Waals surface area contributed by atoms with E-state index in [4.69, 9.17) is 0 Å². The fourth-order valence-corrected chi connectivity index (χ4v) is 2.28. The molecule has 0 aliphatic rings. The summed E-state index contributed by atoms with van der Waals surface area (Å²) in [5.41, 5.74) is 2.63. The van der Waals surface area contributed by atoms with Crippen LogP contribution in [0.1, 0.15) is 18.1 Å². The van der Waals surface area contributed by atoms with E-state index in [1.807, 2.05) is 25.1 Å². The van der Waals surface area contributed by atoms with Crippen LogP contribution >= 0.6 is 0 Å². The number of aromatic hydroxyl groups is 1. The van der Waals surface area contributed by atoms with Gasteiger partial charge in [-0.15, -0.1) is 0 Å². The van der Waals surface area contributed by atoms with E-state index < -0.39 is 0 Å². The summed E-state index contributed by atoms with van der Waals surface area (Å²) in [4.78, 5) is 10.6. The number of benzene rings is 2. The molecule has 5 heteroatoms. The Hall–Kier alpha value is -2.56. The molecule has 0 aliphatic carbocycles. The van der Waals surface area contributed by atoms with Crippen molar-refractivity contribution in [2.45, 2.75) is 26.3 Å². The zero-order valence-electron chi connectivity index (χ0n) is 12.0. The van der Waals surface area contributed by atoms with Gasteiger partial charge < -0.3 is 10.4 Å². The van der Waals surface area contributed by atoms with Crippen molar-refractivity contribution in [3.63, 3.8) is 0 Å². The van der Waals surface area contributed by atoms with Gasteiger partial charge in [-0.1, -0.05) is 18.2 Å². The molecule has 2 aromatic rings. The molecule has 1 unspecified atom stereocenters. The van der Waals surface area contributed by atoms with Gasteiger partial charge in [-0.3, -0.25) is 10.1 Å². The smallest absolute Gasteiger partial charge is 0.274 e. The van der Waals surface area contributed by atoms with Gasteiger partial charge in [0.2, 0.25) is 0 Å². The van der Waals surface area contributed by atoms with Gasteiger partial charge in [0.05, 0.1) is 4.92 Å². The zero-order chi connectivity index (χ0) is 15.4. The highest BCUT2D eigenvalue weighted by atomic mass is 16.6. The Kier molecular flexibility index (Phi) is 4.42. The summed E-state index contributed by atoms with van der Waals surface area (Å²) in [5, 5.41) is 23.5. The summed E-state index contributed by atoms with van der Waals surface area (Å²) in [7, 11) is 0. The third-order valence-corrected chi connectivity index (χ3v) is 3.38. The van der Waals surface area contributed by atoms with Crippen molar-refractivity contribution >= 4 is 11.4 Å². The quantitative estimate of drug-likeness (QED) is 0.649. The Morgan fingerprint density at radius 1 is 1.24 bits per heavy atom. The van der Waals surface area contributed by atoms with Crippen molar-refractivity contribution in [1.29, 1.82) is 0 Å². The molecule has 0 amide bonds. The van der Waals surface area contributed by atoms with Crippen LogP contribution in [0.5, 0.6) is 5.75 Å². The van der Waals surface area contributed by atoms with E-state index in [2.05, 4.69) is 5.32 Å². The van der Waals surface area contributed by atoms with Crippen LogP contribution in [0.15, 0.2) is 42.5 Å². The number of hydrogen-bond acceptors (Lipinski definition) is 4. The van der Waals surface area contributed by atoms with Crippen molar-refractivity contribution in [3.8, 4) is 5.75 Å². The molecule has 0 bridgehead atoms. The molecular formula is C16H18N2O3. The maximum Gasteiger partial charge on any atom is 0.274 e. The third kappa shape index (κ3) is 3.72. The molecule has 2 rings (SSSR count). The van der Waals surface area contributed by atoms with Crippen molar-refractivity contribution < 1.29 is 10.0 Å². The molecule has 21 heavy (non-hydrogen) atoms. The molecule has 0 aliphatic heterocycles. The van der Waals surface area contributed by atoms with Crippen LogP contribution in [0.4, 0.5) is 11.4 Å². The molecule has 1 atom stereocenters. The number of nitrogens with zero attached hydrogens (tertiary/aromatic N) is 1. The van der Waals surface area contributed by atoms with Gasteiger partial charge in [0.1, 0.15) is 5.75 Å². The van der Waals surface area contributed by atoms with Crippen LogP contribution < -0.4 is 5.32 Å². The summed E-state index contributed by atoms with van der Waals surface area (Å²) in [5.74, 6) is 0.244. The number of phenols is 1.